The number of phenols is 1. The topological polar surface area (TPSA) is 49.3 Å². The van der Waals surface area contributed by atoms with Crippen LogP contribution in [0.25, 0.3) is 0 Å². The molecule has 0 spiro atoms. The van der Waals surface area contributed by atoms with E-state index in [9.17, 15) is 9.90 Å². The van der Waals surface area contributed by atoms with Crippen molar-refractivity contribution in [2.75, 3.05) is 5.32 Å². The first-order chi connectivity index (χ1) is 9.11. The van der Waals surface area contributed by atoms with Crippen molar-refractivity contribution >= 4 is 39.1 Å². The van der Waals surface area contributed by atoms with E-state index in [1.54, 1.807) is 18.2 Å². The lowest BCUT2D eigenvalue weighted by atomic mass is 10.1. The van der Waals surface area contributed by atoms with Crippen LogP contribution in [0.15, 0.2) is 46.9 Å². The third-order valence-electron chi connectivity index (χ3n) is 2.61. The Bertz CT molecular complexity index is 616. The maximum absolute atomic E-state index is 12.1. The molecule has 98 valence electrons. The van der Waals surface area contributed by atoms with Gasteiger partial charge in [0.05, 0.1) is 5.56 Å². The lowest BCUT2D eigenvalue weighted by molar-refractivity contribution is 0.102. The maximum Gasteiger partial charge on any atom is 0.259 e. The number of carbonyl (C=O) groups is 1. The number of halogens is 2. The molecule has 0 radical (unpaired) electrons. The Kier molecular flexibility index (Phi) is 4.45. The number of aromatic hydroxyl groups is 1. The van der Waals surface area contributed by atoms with Crippen LogP contribution in [0.5, 0.6) is 5.75 Å². The number of amides is 1. The minimum Gasteiger partial charge on any atom is -0.507 e. The van der Waals surface area contributed by atoms with Gasteiger partial charge < -0.3 is 10.4 Å². The Balaban J connectivity index is 2.26. The lowest BCUT2D eigenvalue weighted by Crippen LogP contribution is -2.13. The van der Waals surface area contributed by atoms with Gasteiger partial charge in [-0.3, -0.25) is 4.79 Å². The van der Waals surface area contributed by atoms with Crippen molar-refractivity contribution in [1.82, 2.24) is 0 Å². The van der Waals surface area contributed by atoms with Gasteiger partial charge in [0.15, 0.2) is 0 Å². The van der Waals surface area contributed by atoms with Crippen LogP contribution in [0.4, 0.5) is 5.69 Å². The highest BCUT2D eigenvalue weighted by atomic mass is 79.9. The Morgan fingerprint density at radius 1 is 1.26 bits per heavy atom. The lowest BCUT2D eigenvalue weighted by Gasteiger charge is -2.10. The molecule has 19 heavy (non-hydrogen) atoms. The van der Waals surface area contributed by atoms with Crippen molar-refractivity contribution in [3.8, 4) is 5.75 Å². The SMILES string of the molecule is O=C(Nc1ccccc1CCl)c1ccc(Br)cc1O. The molecule has 0 aliphatic heterocycles. The first kappa shape index (κ1) is 13.9. The van der Waals surface area contributed by atoms with Crippen LogP contribution in [-0.4, -0.2) is 11.0 Å². The highest BCUT2D eigenvalue weighted by Gasteiger charge is 2.12. The van der Waals surface area contributed by atoms with Crippen LogP contribution in [0.1, 0.15) is 15.9 Å². The minimum atomic E-state index is -0.373. The second kappa shape index (κ2) is 6.08. The van der Waals surface area contributed by atoms with E-state index in [-0.39, 0.29) is 17.2 Å². The molecular weight excluding hydrogens is 330 g/mol. The van der Waals surface area contributed by atoms with Gasteiger partial charge in [-0.2, -0.15) is 0 Å². The number of para-hydroxylation sites is 1. The fourth-order valence-electron chi connectivity index (χ4n) is 1.65. The maximum atomic E-state index is 12.1. The molecule has 0 aliphatic rings. The molecule has 2 N–H and O–H groups in total. The van der Waals surface area contributed by atoms with E-state index < -0.39 is 0 Å². The van der Waals surface area contributed by atoms with Crippen molar-refractivity contribution in [2.45, 2.75) is 5.88 Å². The second-order valence-electron chi connectivity index (χ2n) is 3.91. The van der Waals surface area contributed by atoms with Gasteiger partial charge in [-0.25, -0.2) is 0 Å². The van der Waals surface area contributed by atoms with Crippen LogP contribution < -0.4 is 5.32 Å². The van der Waals surface area contributed by atoms with E-state index in [4.69, 9.17) is 11.6 Å². The molecule has 1 amide bonds. The molecule has 2 aromatic rings. The van der Waals surface area contributed by atoms with Gasteiger partial charge in [-0.15, -0.1) is 11.6 Å². The molecule has 0 heterocycles. The average Bonchev–Trinajstić information content (AvgIpc) is 2.39. The highest BCUT2D eigenvalue weighted by molar-refractivity contribution is 9.10. The number of benzene rings is 2. The number of carbonyl (C=O) groups excluding carboxylic acids is 1. The zero-order valence-corrected chi connectivity index (χ0v) is 12.2. The second-order valence-corrected chi connectivity index (χ2v) is 5.09. The monoisotopic (exact) mass is 339 g/mol. The molecule has 2 aromatic carbocycles. The summed E-state index contributed by atoms with van der Waals surface area (Å²) in [7, 11) is 0. The fourth-order valence-corrected chi connectivity index (χ4v) is 2.23. The number of hydrogen-bond donors (Lipinski definition) is 2. The average molecular weight is 341 g/mol. The molecular formula is C14H11BrClNO2. The molecule has 0 fully saturated rings. The molecule has 0 atom stereocenters. The van der Waals surface area contributed by atoms with Crippen molar-refractivity contribution in [2.24, 2.45) is 0 Å². The highest BCUT2D eigenvalue weighted by Crippen LogP contribution is 2.24. The van der Waals surface area contributed by atoms with Crippen LogP contribution in [-0.2, 0) is 5.88 Å². The quantitative estimate of drug-likeness (QED) is 0.825. The van der Waals surface area contributed by atoms with Crippen molar-refractivity contribution in [3.63, 3.8) is 0 Å². The summed E-state index contributed by atoms with van der Waals surface area (Å²) in [5, 5.41) is 12.5. The van der Waals surface area contributed by atoms with Crippen LogP contribution in [0.3, 0.4) is 0 Å². The Morgan fingerprint density at radius 3 is 2.68 bits per heavy atom. The third-order valence-corrected chi connectivity index (χ3v) is 3.40. The summed E-state index contributed by atoms with van der Waals surface area (Å²) < 4.78 is 0.711. The van der Waals surface area contributed by atoms with Gasteiger partial charge >= 0.3 is 0 Å². The predicted molar refractivity (Wildman–Crippen MR) is 79.8 cm³/mol. The molecule has 0 unspecified atom stereocenters. The molecule has 0 bridgehead atoms. The zero-order valence-electron chi connectivity index (χ0n) is 9.86. The summed E-state index contributed by atoms with van der Waals surface area (Å²) in [6.45, 7) is 0. The normalized spacial score (nSPS) is 10.2. The predicted octanol–water partition coefficient (Wildman–Crippen LogP) is 4.15. The number of hydrogen-bond acceptors (Lipinski definition) is 2. The minimum absolute atomic E-state index is 0.0739. The van der Waals surface area contributed by atoms with Gasteiger partial charge in [0.1, 0.15) is 5.75 Å². The van der Waals surface area contributed by atoms with Gasteiger partial charge in [0.2, 0.25) is 0 Å². The van der Waals surface area contributed by atoms with Gasteiger partial charge in [-0.05, 0) is 29.8 Å². The summed E-state index contributed by atoms with van der Waals surface area (Å²) in [5.41, 5.74) is 1.69. The van der Waals surface area contributed by atoms with E-state index in [2.05, 4.69) is 21.2 Å². The van der Waals surface area contributed by atoms with Crippen molar-refractivity contribution in [1.29, 1.82) is 0 Å². The van der Waals surface area contributed by atoms with Gasteiger partial charge in [0, 0.05) is 16.0 Å². The van der Waals surface area contributed by atoms with Crippen molar-refractivity contribution < 1.29 is 9.90 Å². The number of rotatable bonds is 3. The summed E-state index contributed by atoms with van der Waals surface area (Å²) in [6, 6.07) is 12.0. The first-order valence-electron chi connectivity index (χ1n) is 5.55. The molecule has 3 nitrogen and oxygen atoms in total. The molecule has 0 saturated heterocycles. The van der Waals surface area contributed by atoms with Crippen molar-refractivity contribution in [3.05, 3.63) is 58.1 Å². The summed E-state index contributed by atoms with van der Waals surface area (Å²) >= 11 is 9.03. The van der Waals surface area contributed by atoms with E-state index in [1.807, 2.05) is 18.2 Å². The zero-order chi connectivity index (χ0) is 13.8. The van der Waals surface area contributed by atoms with E-state index in [1.165, 1.54) is 6.07 Å². The van der Waals surface area contributed by atoms with Gasteiger partial charge in [-0.1, -0.05) is 34.1 Å². The molecule has 0 aliphatic carbocycles. The van der Waals surface area contributed by atoms with Crippen LogP contribution >= 0.6 is 27.5 Å². The Morgan fingerprint density at radius 2 is 2.00 bits per heavy atom. The number of phenolic OH excluding ortho intramolecular Hbond substituents is 1. The fraction of sp³-hybridized carbons (Fsp3) is 0.0714. The summed E-state index contributed by atoms with van der Waals surface area (Å²) in [6.07, 6.45) is 0. The smallest absolute Gasteiger partial charge is 0.259 e. The molecule has 2 rings (SSSR count). The van der Waals surface area contributed by atoms with Gasteiger partial charge in [0.25, 0.3) is 5.91 Å². The summed E-state index contributed by atoms with van der Waals surface area (Å²) in [4.78, 5) is 12.1. The van der Waals surface area contributed by atoms with E-state index in [0.717, 1.165) is 5.56 Å². The van der Waals surface area contributed by atoms with Crippen LogP contribution in [0.2, 0.25) is 0 Å². The third kappa shape index (κ3) is 3.28. The molecule has 0 aromatic heterocycles. The standard InChI is InChI=1S/C14H11BrClNO2/c15-10-5-6-11(13(18)7-10)14(19)17-12-4-2-1-3-9(12)8-16/h1-7,18H,8H2,(H,17,19). The molecule has 0 saturated carbocycles. The Hall–Kier alpha value is -1.52. The number of anilines is 1. The number of nitrogens with one attached hydrogen (secondary N) is 1. The summed E-state index contributed by atoms with van der Waals surface area (Å²) in [5.74, 6) is -0.138. The van der Waals surface area contributed by atoms with E-state index in [0.29, 0.717) is 16.0 Å². The Labute approximate surface area is 124 Å². The molecule has 5 heteroatoms. The largest absolute Gasteiger partial charge is 0.507 e. The van der Waals surface area contributed by atoms with E-state index >= 15 is 0 Å². The number of alkyl halides is 1. The van der Waals surface area contributed by atoms with Crippen LogP contribution in [0, 0.1) is 0 Å². The first-order valence-corrected chi connectivity index (χ1v) is 6.88.